The van der Waals surface area contributed by atoms with Gasteiger partial charge in [-0.25, -0.2) is 5.84 Å². The monoisotopic (exact) mass is 314 g/mol. The number of hydrogen-bond donors (Lipinski definition) is 2. The molecule has 4 aromatic rings. The molecule has 0 aliphatic carbocycles. The fourth-order valence-electron chi connectivity index (χ4n) is 3.43. The lowest BCUT2D eigenvalue weighted by Gasteiger charge is -2.05. The zero-order valence-electron chi connectivity index (χ0n) is 13.9. The third kappa shape index (κ3) is 2.17. The second-order valence-electron chi connectivity index (χ2n) is 6.13. The SMILES string of the molecule is Cc1[nH]c(-c2ccccc2)c2cc(-c3ccccc3)[n+](N)c(C)c12. The van der Waals surface area contributed by atoms with E-state index in [2.05, 4.69) is 61.3 Å². The molecule has 2 heterocycles. The number of rotatable bonds is 2. The number of fused-ring (bicyclic) bond motifs is 1. The lowest BCUT2D eigenvalue weighted by Crippen LogP contribution is -2.49. The summed E-state index contributed by atoms with van der Waals surface area (Å²) in [6.07, 6.45) is 0. The van der Waals surface area contributed by atoms with Crippen LogP contribution in [0.1, 0.15) is 11.4 Å². The molecule has 0 atom stereocenters. The highest BCUT2D eigenvalue weighted by atomic mass is 15.3. The number of pyridine rings is 1. The van der Waals surface area contributed by atoms with Crippen LogP contribution in [-0.2, 0) is 0 Å². The van der Waals surface area contributed by atoms with Crippen LogP contribution in [0.3, 0.4) is 0 Å². The Hall–Kier alpha value is -3.07. The van der Waals surface area contributed by atoms with Crippen molar-refractivity contribution >= 4 is 10.8 Å². The van der Waals surface area contributed by atoms with Crippen molar-refractivity contribution in [2.24, 2.45) is 0 Å². The molecule has 0 spiro atoms. The predicted octanol–water partition coefficient (Wildman–Crippen LogP) is 4.12. The van der Waals surface area contributed by atoms with Crippen LogP contribution < -0.4 is 10.5 Å². The maximum atomic E-state index is 6.40. The number of nitrogen functional groups attached to an aromatic ring is 1. The van der Waals surface area contributed by atoms with Crippen LogP contribution in [0.2, 0.25) is 0 Å². The second-order valence-corrected chi connectivity index (χ2v) is 6.13. The summed E-state index contributed by atoms with van der Waals surface area (Å²) in [4.78, 5) is 3.55. The van der Waals surface area contributed by atoms with E-state index in [1.807, 2.05) is 24.3 Å². The first-order valence-electron chi connectivity index (χ1n) is 8.10. The van der Waals surface area contributed by atoms with Crippen molar-refractivity contribution in [1.82, 2.24) is 4.98 Å². The van der Waals surface area contributed by atoms with Crippen molar-refractivity contribution in [3.63, 3.8) is 0 Å². The molecule has 3 heteroatoms. The molecule has 0 radical (unpaired) electrons. The number of H-pyrrole nitrogens is 1. The summed E-state index contributed by atoms with van der Waals surface area (Å²) in [7, 11) is 0. The fraction of sp³-hybridized carbons (Fsp3) is 0.0952. The third-order valence-corrected chi connectivity index (χ3v) is 4.62. The summed E-state index contributed by atoms with van der Waals surface area (Å²) >= 11 is 0. The Kier molecular flexibility index (Phi) is 3.35. The van der Waals surface area contributed by atoms with Gasteiger partial charge in [0.2, 0.25) is 11.4 Å². The van der Waals surface area contributed by atoms with Gasteiger partial charge < -0.3 is 4.98 Å². The van der Waals surface area contributed by atoms with Gasteiger partial charge in [-0.1, -0.05) is 53.2 Å². The number of aryl methyl sites for hydroxylation is 2. The van der Waals surface area contributed by atoms with Crippen LogP contribution in [0.25, 0.3) is 33.3 Å². The van der Waals surface area contributed by atoms with E-state index in [-0.39, 0.29) is 0 Å². The molecule has 3 nitrogen and oxygen atoms in total. The molecule has 118 valence electrons. The van der Waals surface area contributed by atoms with E-state index in [4.69, 9.17) is 5.84 Å². The number of aromatic amines is 1. The summed E-state index contributed by atoms with van der Waals surface area (Å²) in [5.41, 5.74) is 6.65. The minimum absolute atomic E-state index is 1.01. The standard InChI is InChI=1S/C21H19N3/c1-14-20-15(2)24(22)19(16-9-5-3-6-10-16)13-18(20)21(23-14)17-11-7-4-8-12-17/h3-13H,22H2,1-2H3/p+1. The predicted molar refractivity (Wildman–Crippen MR) is 99.0 cm³/mol. The first-order chi connectivity index (χ1) is 11.7. The highest BCUT2D eigenvalue weighted by Gasteiger charge is 2.22. The number of nitrogens with zero attached hydrogens (tertiary/aromatic N) is 1. The Labute approximate surface area is 141 Å². The van der Waals surface area contributed by atoms with Crippen molar-refractivity contribution in [2.45, 2.75) is 13.8 Å². The van der Waals surface area contributed by atoms with Gasteiger partial charge in [0.05, 0.1) is 11.1 Å². The lowest BCUT2D eigenvalue weighted by molar-refractivity contribution is -0.632. The number of hydrogen-bond acceptors (Lipinski definition) is 1. The van der Waals surface area contributed by atoms with Crippen molar-refractivity contribution in [1.29, 1.82) is 0 Å². The van der Waals surface area contributed by atoms with E-state index in [9.17, 15) is 0 Å². The van der Waals surface area contributed by atoms with E-state index in [1.54, 1.807) is 4.68 Å². The highest BCUT2D eigenvalue weighted by molar-refractivity contribution is 5.99. The zero-order chi connectivity index (χ0) is 16.7. The molecule has 0 amide bonds. The minimum atomic E-state index is 1.01. The van der Waals surface area contributed by atoms with E-state index < -0.39 is 0 Å². The fourth-order valence-corrected chi connectivity index (χ4v) is 3.43. The van der Waals surface area contributed by atoms with Crippen molar-refractivity contribution in [3.05, 3.63) is 78.1 Å². The van der Waals surface area contributed by atoms with Crippen LogP contribution in [0.15, 0.2) is 66.7 Å². The Morgan fingerprint density at radius 3 is 2.04 bits per heavy atom. The van der Waals surface area contributed by atoms with Crippen LogP contribution >= 0.6 is 0 Å². The van der Waals surface area contributed by atoms with Crippen molar-refractivity contribution in [3.8, 4) is 22.5 Å². The first kappa shape index (κ1) is 14.5. The molecule has 24 heavy (non-hydrogen) atoms. The van der Waals surface area contributed by atoms with Gasteiger partial charge in [0.25, 0.3) is 0 Å². The van der Waals surface area contributed by atoms with Crippen LogP contribution in [0, 0.1) is 13.8 Å². The Morgan fingerprint density at radius 1 is 0.833 bits per heavy atom. The number of aromatic nitrogens is 2. The lowest BCUT2D eigenvalue weighted by atomic mass is 10.0. The van der Waals surface area contributed by atoms with E-state index in [0.29, 0.717) is 0 Å². The van der Waals surface area contributed by atoms with E-state index in [1.165, 1.54) is 16.3 Å². The Bertz CT molecular complexity index is 1020. The summed E-state index contributed by atoms with van der Waals surface area (Å²) in [5, 5.41) is 2.40. The van der Waals surface area contributed by atoms with E-state index in [0.717, 1.165) is 28.3 Å². The Morgan fingerprint density at radius 2 is 1.42 bits per heavy atom. The molecular formula is C21H20N3+. The van der Waals surface area contributed by atoms with Crippen LogP contribution in [0.5, 0.6) is 0 Å². The molecule has 0 bridgehead atoms. The maximum Gasteiger partial charge on any atom is 0.243 e. The van der Waals surface area contributed by atoms with Gasteiger partial charge in [0.15, 0.2) is 0 Å². The smallest absolute Gasteiger partial charge is 0.243 e. The zero-order valence-corrected chi connectivity index (χ0v) is 13.9. The number of nitrogens with two attached hydrogens (primary N) is 1. The number of benzene rings is 2. The van der Waals surface area contributed by atoms with Crippen LogP contribution in [-0.4, -0.2) is 4.98 Å². The molecule has 0 unspecified atom stereocenters. The molecule has 4 rings (SSSR count). The average Bonchev–Trinajstić information content (AvgIpc) is 2.96. The van der Waals surface area contributed by atoms with Gasteiger partial charge in [0.1, 0.15) is 0 Å². The molecule has 0 saturated heterocycles. The molecule has 0 saturated carbocycles. The Balaban J connectivity index is 2.06. The normalized spacial score (nSPS) is 11.1. The van der Waals surface area contributed by atoms with Crippen molar-refractivity contribution < 1.29 is 4.68 Å². The minimum Gasteiger partial charge on any atom is -0.357 e. The first-order valence-corrected chi connectivity index (χ1v) is 8.10. The summed E-state index contributed by atoms with van der Waals surface area (Å²) in [6.45, 7) is 4.17. The highest BCUT2D eigenvalue weighted by Crippen LogP contribution is 2.33. The molecule has 2 aromatic carbocycles. The summed E-state index contributed by atoms with van der Waals surface area (Å²) in [6, 6.07) is 22.9. The van der Waals surface area contributed by atoms with Crippen molar-refractivity contribution in [2.75, 3.05) is 5.84 Å². The van der Waals surface area contributed by atoms with Gasteiger partial charge in [0, 0.05) is 29.6 Å². The largest absolute Gasteiger partial charge is 0.357 e. The summed E-state index contributed by atoms with van der Waals surface area (Å²) in [5.74, 6) is 6.40. The van der Waals surface area contributed by atoms with Gasteiger partial charge in [-0.2, -0.15) is 0 Å². The van der Waals surface area contributed by atoms with Gasteiger partial charge in [-0.05, 0) is 24.6 Å². The number of nitrogens with one attached hydrogen (secondary N) is 1. The quantitative estimate of drug-likeness (QED) is 0.424. The summed E-state index contributed by atoms with van der Waals surface area (Å²) < 4.78 is 1.78. The van der Waals surface area contributed by atoms with Gasteiger partial charge in [-0.15, -0.1) is 0 Å². The topological polar surface area (TPSA) is 45.7 Å². The molecule has 3 N–H and O–H groups in total. The molecule has 0 aliphatic rings. The molecule has 2 aromatic heterocycles. The molecular weight excluding hydrogens is 294 g/mol. The average molecular weight is 314 g/mol. The van der Waals surface area contributed by atoms with E-state index >= 15 is 0 Å². The third-order valence-electron chi connectivity index (χ3n) is 4.62. The van der Waals surface area contributed by atoms with Gasteiger partial charge in [-0.3, -0.25) is 0 Å². The van der Waals surface area contributed by atoms with Crippen LogP contribution in [0.4, 0.5) is 0 Å². The maximum absolute atomic E-state index is 6.40. The second kappa shape index (κ2) is 5.53. The molecule has 0 fully saturated rings. The molecule has 0 aliphatic heterocycles. The van der Waals surface area contributed by atoms with Gasteiger partial charge >= 0.3 is 0 Å².